The Balaban J connectivity index is 0.000000212. The smallest absolute Gasteiger partial charge is 0.306 e. The van der Waals surface area contributed by atoms with E-state index < -0.39 is 17.8 Å². The monoisotopic (exact) mass is 487 g/mol. The van der Waals surface area contributed by atoms with Crippen LogP contribution in [0.3, 0.4) is 0 Å². The molecular formula is C32H25NO4. The van der Waals surface area contributed by atoms with Crippen molar-refractivity contribution in [1.29, 1.82) is 0 Å². The third-order valence-electron chi connectivity index (χ3n) is 6.38. The molecule has 5 aromatic carbocycles. The van der Waals surface area contributed by atoms with E-state index in [4.69, 9.17) is 4.74 Å². The minimum absolute atomic E-state index is 0.198. The summed E-state index contributed by atoms with van der Waals surface area (Å²) in [5.74, 6) is -1.18. The Morgan fingerprint density at radius 2 is 1.22 bits per heavy atom. The molecule has 5 heteroatoms. The van der Waals surface area contributed by atoms with E-state index in [2.05, 4.69) is 53.8 Å². The maximum Gasteiger partial charge on any atom is 0.306 e. The second kappa shape index (κ2) is 10.5. The molecule has 0 aromatic heterocycles. The Kier molecular flexibility index (Phi) is 6.77. The van der Waals surface area contributed by atoms with E-state index in [1.807, 2.05) is 43.3 Å². The van der Waals surface area contributed by atoms with Crippen LogP contribution < -0.4 is 5.32 Å². The molecule has 5 aromatic rings. The maximum atomic E-state index is 12.2. The lowest BCUT2D eigenvalue weighted by molar-refractivity contribution is -0.147. The number of fused-ring (bicyclic) bond motifs is 3. The Bertz CT molecular complexity index is 1550. The third-order valence-corrected chi connectivity index (χ3v) is 6.38. The highest BCUT2D eigenvalue weighted by molar-refractivity contribution is 6.51. The summed E-state index contributed by atoms with van der Waals surface area (Å²) in [5.41, 5.74) is 3.11. The molecule has 0 atom stereocenters. The molecule has 1 heterocycles. The predicted octanol–water partition coefficient (Wildman–Crippen LogP) is 6.86. The van der Waals surface area contributed by atoms with Crippen molar-refractivity contribution in [3.8, 4) is 0 Å². The largest absolute Gasteiger partial charge is 0.452 e. The molecule has 0 bridgehead atoms. The first kappa shape index (κ1) is 23.9. The highest BCUT2D eigenvalue weighted by Gasteiger charge is 2.26. The molecule has 0 unspecified atom stereocenters. The first-order valence-corrected chi connectivity index (χ1v) is 12.2. The number of carbonyl (C=O) groups is 3. The zero-order valence-electron chi connectivity index (χ0n) is 20.3. The van der Waals surface area contributed by atoms with Gasteiger partial charge in [-0.05, 0) is 33.7 Å². The molecule has 5 nitrogen and oxygen atoms in total. The van der Waals surface area contributed by atoms with Crippen molar-refractivity contribution >= 4 is 44.9 Å². The van der Waals surface area contributed by atoms with Crippen LogP contribution in [0.25, 0.3) is 21.5 Å². The van der Waals surface area contributed by atoms with Crippen molar-refractivity contribution in [2.45, 2.75) is 19.4 Å². The highest BCUT2D eigenvalue weighted by Crippen LogP contribution is 2.35. The molecule has 1 amide bonds. The van der Waals surface area contributed by atoms with Gasteiger partial charge in [-0.2, -0.15) is 0 Å². The van der Waals surface area contributed by atoms with E-state index in [-0.39, 0.29) is 5.97 Å². The predicted molar refractivity (Wildman–Crippen MR) is 146 cm³/mol. The standard InChI is InChI=1S/C24H20O2.C8H5NO2/c1-2-23(25)26-24(21-15-7-11-17-9-3-5-13-19(17)21)22-16-8-12-18-10-4-6-14-20(18)22;10-7-5-3-1-2-4-6(5)9-8(7)11/h3-16,24H,2H2,1H3;1-4H,(H,9,10,11). The van der Waals surface area contributed by atoms with Crippen LogP contribution in [0.2, 0.25) is 0 Å². The summed E-state index contributed by atoms with van der Waals surface area (Å²) in [4.78, 5) is 34.0. The van der Waals surface area contributed by atoms with Gasteiger partial charge in [-0.3, -0.25) is 14.4 Å². The first-order valence-electron chi connectivity index (χ1n) is 12.2. The number of Topliss-reactive ketones (excluding diaryl/α,β-unsaturated/α-hetero) is 1. The van der Waals surface area contributed by atoms with Crippen LogP contribution in [0.15, 0.2) is 109 Å². The zero-order chi connectivity index (χ0) is 25.8. The van der Waals surface area contributed by atoms with Crippen LogP contribution in [-0.4, -0.2) is 17.7 Å². The molecule has 0 spiro atoms. The van der Waals surface area contributed by atoms with Crippen molar-refractivity contribution in [2.24, 2.45) is 0 Å². The van der Waals surface area contributed by atoms with Crippen molar-refractivity contribution in [1.82, 2.24) is 0 Å². The maximum absolute atomic E-state index is 12.2. The summed E-state index contributed by atoms with van der Waals surface area (Å²) in [6.07, 6.45) is -0.0777. The minimum atomic E-state index is -0.536. The summed E-state index contributed by atoms with van der Waals surface area (Å²) in [5, 5.41) is 6.96. The molecule has 1 aliphatic rings. The average molecular weight is 488 g/mol. The summed E-state index contributed by atoms with van der Waals surface area (Å²) < 4.78 is 5.95. The lowest BCUT2D eigenvalue weighted by Gasteiger charge is -2.22. The van der Waals surface area contributed by atoms with Crippen molar-refractivity contribution in [3.63, 3.8) is 0 Å². The number of ketones is 1. The fourth-order valence-corrected chi connectivity index (χ4v) is 4.56. The number of hydrogen-bond acceptors (Lipinski definition) is 4. The molecule has 1 aliphatic heterocycles. The van der Waals surface area contributed by atoms with Gasteiger partial charge in [0, 0.05) is 17.5 Å². The molecule has 0 radical (unpaired) electrons. The van der Waals surface area contributed by atoms with Gasteiger partial charge in [0.25, 0.3) is 11.7 Å². The summed E-state index contributed by atoms with van der Waals surface area (Å²) in [6.45, 7) is 1.82. The number of carbonyl (C=O) groups excluding carboxylic acids is 3. The van der Waals surface area contributed by atoms with E-state index in [1.54, 1.807) is 24.3 Å². The molecule has 37 heavy (non-hydrogen) atoms. The van der Waals surface area contributed by atoms with Gasteiger partial charge in [0.1, 0.15) is 0 Å². The normalized spacial score (nSPS) is 12.2. The summed E-state index contributed by atoms with van der Waals surface area (Å²) in [7, 11) is 0. The number of hydrogen-bond donors (Lipinski definition) is 1. The Morgan fingerprint density at radius 3 is 1.78 bits per heavy atom. The van der Waals surface area contributed by atoms with E-state index in [1.165, 1.54) is 0 Å². The van der Waals surface area contributed by atoms with Gasteiger partial charge >= 0.3 is 5.97 Å². The molecular weight excluding hydrogens is 462 g/mol. The lowest BCUT2D eigenvalue weighted by atomic mass is 9.92. The van der Waals surface area contributed by atoms with Crippen molar-refractivity contribution < 1.29 is 19.1 Å². The second-order valence-electron chi connectivity index (χ2n) is 8.69. The van der Waals surface area contributed by atoms with Crippen LogP contribution in [0.4, 0.5) is 5.69 Å². The van der Waals surface area contributed by atoms with Gasteiger partial charge in [-0.1, -0.05) is 104 Å². The summed E-state index contributed by atoms with van der Waals surface area (Å²) in [6, 6.07) is 35.6. The minimum Gasteiger partial charge on any atom is -0.452 e. The van der Waals surface area contributed by atoms with Crippen LogP contribution in [0.1, 0.15) is 40.9 Å². The number of esters is 1. The topological polar surface area (TPSA) is 72.5 Å². The van der Waals surface area contributed by atoms with E-state index >= 15 is 0 Å². The average Bonchev–Trinajstić information content (AvgIpc) is 3.24. The Labute approximate surface area is 214 Å². The van der Waals surface area contributed by atoms with E-state index in [0.717, 1.165) is 32.7 Å². The Morgan fingerprint density at radius 1 is 0.703 bits per heavy atom. The molecule has 0 aliphatic carbocycles. The third kappa shape index (κ3) is 4.84. The molecule has 0 fully saturated rings. The number of rotatable bonds is 4. The lowest BCUT2D eigenvalue weighted by Crippen LogP contribution is -2.12. The number of nitrogens with one attached hydrogen (secondary N) is 1. The number of para-hydroxylation sites is 1. The van der Waals surface area contributed by atoms with Crippen LogP contribution in [0, 0.1) is 0 Å². The highest BCUT2D eigenvalue weighted by atomic mass is 16.5. The van der Waals surface area contributed by atoms with Gasteiger partial charge in [-0.15, -0.1) is 0 Å². The second-order valence-corrected chi connectivity index (χ2v) is 8.69. The van der Waals surface area contributed by atoms with Crippen LogP contribution in [-0.2, 0) is 14.3 Å². The number of amides is 1. The van der Waals surface area contributed by atoms with E-state index in [9.17, 15) is 14.4 Å². The van der Waals surface area contributed by atoms with E-state index in [0.29, 0.717) is 17.7 Å². The molecule has 182 valence electrons. The van der Waals surface area contributed by atoms with Crippen molar-refractivity contribution in [2.75, 3.05) is 5.32 Å². The Hall–Kier alpha value is -4.77. The summed E-state index contributed by atoms with van der Waals surface area (Å²) >= 11 is 0. The molecule has 0 saturated heterocycles. The van der Waals surface area contributed by atoms with Crippen LogP contribution in [0.5, 0.6) is 0 Å². The quantitative estimate of drug-likeness (QED) is 0.222. The zero-order valence-corrected chi connectivity index (χ0v) is 20.3. The van der Waals surface area contributed by atoms with Gasteiger partial charge in [0.05, 0.1) is 11.3 Å². The molecule has 0 saturated carbocycles. The number of ether oxygens (including phenoxy) is 1. The number of benzene rings is 5. The van der Waals surface area contributed by atoms with Gasteiger partial charge in [0.15, 0.2) is 6.10 Å². The van der Waals surface area contributed by atoms with Gasteiger partial charge in [0.2, 0.25) is 0 Å². The fraction of sp³-hybridized carbons (Fsp3) is 0.0938. The van der Waals surface area contributed by atoms with Crippen LogP contribution >= 0.6 is 0 Å². The number of anilines is 1. The molecule has 6 rings (SSSR count). The fourth-order valence-electron chi connectivity index (χ4n) is 4.56. The van der Waals surface area contributed by atoms with Crippen molar-refractivity contribution in [3.05, 3.63) is 126 Å². The van der Waals surface area contributed by atoms with Gasteiger partial charge < -0.3 is 10.1 Å². The molecule has 1 N–H and O–H groups in total. The SMILES string of the molecule is CCC(=O)OC(c1cccc2ccccc12)c1cccc2ccccc12.O=C1Nc2ccccc2C1=O. The first-order chi connectivity index (χ1) is 18.1. The van der Waals surface area contributed by atoms with Gasteiger partial charge in [-0.25, -0.2) is 0 Å².